The van der Waals surface area contributed by atoms with Gasteiger partial charge in [-0.1, -0.05) is 43.5 Å². The Hall–Kier alpha value is -3.55. The van der Waals surface area contributed by atoms with E-state index in [1.165, 1.54) is 48.7 Å². The Morgan fingerprint density at radius 2 is 1.53 bits per heavy atom. The van der Waals surface area contributed by atoms with Gasteiger partial charge in [0.25, 0.3) is 0 Å². The van der Waals surface area contributed by atoms with Crippen LogP contribution in [0.15, 0.2) is 71.0 Å². The number of likely N-dealkylation sites (N-methyl/N-ethyl adjacent to an activating group) is 1. The molecule has 1 aliphatic carbocycles. The lowest BCUT2D eigenvalue weighted by molar-refractivity contribution is -0.118. The van der Waals surface area contributed by atoms with Crippen molar-refractivity contribution in [2.75, 3.05) is 23.2 Å². The third kappa shape index (κ3) is 7.82. The summed E-state index contributed by atoms with van der Waals surface area (Å²) in [5, 5.41) is 0.905. The minimum Gasteiger partial charge on any atom is -0.328 e. The number of nitrogens with zero attached hydrogens (tertiary/aromatic N) is 4. The molecule has 5 rings (SSSR count). The Balaban J connectivity index is 1.34. The predicted octanol–water partition coefficient (Wildman–Crippen LogP) is 8.45. The first-order valence-corrected chi connectivity index (χ1v) is 16.0. The highest BCUT2D eigenvalue weighted by molar-refractivity contribution is 8.00. The Morgan fingerprint density at radius 3 is 2.13 bits per heavy atom. The first kappa shape index (κ1) is 32.8. The number of imidazole rings is 1. The maximum absolute atomic E-state index is 14.3. The molecule has 13 heteroatoms. The molecule has 4 aromatic rings. The lowest BCUT2D eigenvalue weighted by Crippen LogP contribution is -2.37. The average molecular weight is 662 g/mol. The van der Waals surface area contributed by atoms with Gasteiger partial charge in [-0.2, -0.15) is 0 Å². The minimum absolute atomic E-state index is 0.210. The molecule has 238 valence electrons. The second-order valence-corrected chi connectivity index (χ2v) is 13.0. The normalized spacial score (nSPS) is 13.8. The van der Waals surface area contributed by atoms with E-state index in [0.29, 0.717) is 11.6 Å². The summed E-state index contributed by atoms with van der Waals surface area (Å²) in [5.41, 5.74) is 3.51. The van der Waals surface area contributed by atoms with Crippen molar-refractivity contribution >= 4 is 41.2 Å². The fourth-order valence-corrected chi connectivity index (χ4v) is 6.72. The SMILES string of the molecule is CN(CC(=O)N(Cc1ccc(C2CCCCC2)cc1)c1ccc(NSc2cncn2C)cc1)Sc1c(F)c(F)c(F)c(F)c1F. The van der Waals surface area contributed by atoms with Gasteiger partial charge in [-0.05, 0) is 73.1 Å². The highest BCUT2D eigenvalue weighted by Gasteiger charge is 2.28. The van der Waals surface area contributed by atoms with Gasteiger partial charge in [0.15, 0.2) is 23.3 Å². The van der Waals surface area contributed by atoms with Crippen molar-refractivity contribution in [2.45, 2.75) is 54.5 Å². The van der Waals surface area contributed by atoms with E-state index in [9.17, 15) is 26.7 Å². The number of rotatable bonds is 11. The predicted molar refractivity (Wildman–Crippen MR) is 167 cm³/mol. The summed E-state index contributed by atoms with van der Waals surface area (Å²) >= 11 is 1.66. The quantitative estimate of drug-likeness (QED) is 0.0754. The Labute approximate surface area is 267 Å². The van der Waals surface area contributed by atoms with E-state index in [1.54, 1.807) is 24.7 Å². The summed E-state index contributed by atoms with van der Waals surface area (Å²) in [6, 6.07) is 15.4. The monoisotopic (exact) mass is 661 g/mol. The zero-order valence-electron chi connectivity index (χ0n) is 24.7. The van der Waals surface area contributed by atoms with E-state index in [0.717, 1.165) is 33.4 Å². The van der Waals surface area contributed by atoms with Crippen molar-refractivity contribution in [3.05, 3.63) is 101 Å². The summed E-state index contributed by atoms with van der Waals surface area (Å²) in [5.74, 6) is -10.1. The fraction of sp³-hybridized carbons (Fsp3) is 0.312. The molecule has 6 nitrogen and oxygen atoms in total. The van der Waals surface area contributed by atoms with Gasteiger partial charge in [0.2, 0.25) is 11.7 Å². The zero-order chi connectivity index (χ0) is 32.1. The van der Waals surface area contributed by atoms with Crippen molar-refractivity contribution in [3.8, 4) is 0 Å². The van der Waals surface area contributed by atoms with E-state index in [2.05, 4.69) is 21.8 Å². The molecule has 1 amide bonds. The van der Waals surface area contributed by atoms with E-state index in [4.69, 9.17) is 0 Å². The molecule has 3 aromatic carbocycles. The minimum atomic E-state index is -2.23. The van der Waals surface area contributed by atoms with Crippen LogP contribution >= 0.6 is 23.9 Å². The van der Waals surface area contributed by atoms with Gasteiger partial charge in [0.05, 0.1) is 25.6 Å². The first-order valence-electron chi connectivity index (χ1n) is 14.4. The molecular weight excluding hydrogens is 630 g/mol. The molecule has 0 atom stereocenters. The maximum atomic E-state index is 14.3. The average Bonchev–Trinajstić information content (AvgIpc) is 3.48. The molecule has 0 unspecified atom stereocenters. The Bertz CT molecular complexity index is 1600. The van der Waals surface area contributed by atoms with Gasteiger partial charge in [0, 0.05) is 30.4 Å². The van der Waals surface area contributed by atoms with Crippen LogP contribution in [-0.2, 0) is 18.4 Å². The number of aromatic nitrogens is 2. The van der Waals surface area contributed by atoms with Gasteiger partial charge in [-0.3, -0.25) is 4.79 Å². The van der Waals surface area contributed by atoms with Crippen LogP contribution in [0.3, 0.4) is 0 Å². The molecule has 1 aromatic heterocycles. The van der Waals surface area contributed by atoms with Gasteiger partial charge >= 0.3 is 0 Å². The number of halogens is 5. The Morgan fingerprint density at radius 1 is 0.911 bits per heavy atom. The van der Waals surface area contributed by atoms with Gasteiger partial charge in [-0.25, -0.2) is 31.2 Å². The molecule has 0 saturated heterocycles. The molecule has 0 radical (unpaired) electrons. The van der Waals surface area contributed by atoms with Gasteiger partial charge in [-0.15, -0.1) is 0 Å². The van der Waals surface area contributed by atoms with Crippen LogP contribution in [0.1, 0.15) is 49.1 Å². The number of amides is 1. The number of carbonyl (C=O) groups is 1. The number of anilines is 2. The van der Waals surface area contributed by atoms with E-state index in [1.807, 2.05) is 35.9 Å². The van der Waals surface area contributed by atoms with Crippen molar-refractivity contribution in [3.63, 3.8) is 0 Å². The van der Waals surface area contributed by atoms with E-state index >= 15 is 0 Å². The first-order chi connectivity index (χ1) is 21.6. The summed E-state index contributed by atoms with van der Waals surface area (Å²) in [6.45, 7) is -0.165. The lowest BCUT2D eigenvalue weighted by Gasteiger charge is -2.26. The number of hydrogen-bond acceptors (Lipinski definition) is 6. The van der Waals surface area contributed by atoms with Gasteiger partial charge in [0.1, 0.15) is 9.92 Å². The third-order valence-electron chi connectivity index (χ3n) is 7.70. The number of nitrogens with one attached hydrogen (secondary N) is 1. The van der Waals surface area contributed by atoms with Crippen LogP contribution < -0.4 is 9.62 Å². The smallest absolute Gasteiger partial charge is 0.242 e. The van der Waals surface area contributed by atoms with Crippen LogP contribution in [0.2, 0.25) is 0 Å². The molecule has 1 fully saturated rings. The molecule has 1 N–H and O–H groups in total. The van der Waals surface area contributed by atoms with Crippen LogP contribution in [0.5, 0.6) is 0 Å². The molecule has 1 heterocycles. The summed E-state index contributed by atoms with van der Waals surface area (Å²) < 4.78 is 75.9. The third-order valence-corrected chi connectivity index (χ3v) is 9.62. The lowest BCUT2D eigenvalue weighted by atomic mass is 9.84. The molecule has 1 aliphatic rings. The molecule has 1 saturated carbocycles. The van der Waals surface area contributed by atoms with E-state index in [-0.39, 0.29) is 25.0 Å². The molecule has 0 spiro atoms. The topological polar surface area (TPSA) is 53.4 Å². The summed E-state index contributed by atoms with van der Waals surface area (Å²) in [6.07, 6.45) is 9.45. The molecule has 45 heavy (non-hydrogen) atoms. The second-order valence-electron chi connectivity index (χ2n) is 10.9. The zero-order valence-corrected chi connectivity index (χ0v) is 26.3. The molecule has 0 aliphatic heterocycles. The van der Waals surface area contributed by atoms with Crippen molar-refractivity contribution in [2.24, 2.45) is 7.05 Å². The summed E-state index contributed by atoms with van der Waals surface area (Å²) in [4.78, 5) is 18.2. The summed E-state index contributed by atoms with van der Waals surface area (Å²) in [7, 11) is 3.23. The molecular formula is C32H32F5N5OS2. The van der Waals surface area contributed by atoms with Crippen LogP contribution in [-0.4, -0.2) is 33.4 Å². The fourth-order valence-electron chi connectivity index (χ4n) is 5.23. The number of benzene rings is 3. The maximum Gasteiger partial charge on any atom is 0.242 e. The standard InChI is InChI=1S/C32H32F5N5OS2/c1-40-19-38-16-26(40)44-39-23-12-14-24(15-13-23)42(17-20-8-10-22(11-9-20)21-6-4-3-5-7-21)25(43)18-41(2)45-32-30(36)28(34)27(33)29(35)31(32)37/h8-16,19,21,39H,3-7,17-18H2,1-2H3. The van der Waals surface area contributed by atoms with Crippen LogP contribution in [0.4, 0.5) is 33.3 Å². The largest absolute Gasteiger partial charge is 0.328 e. The van der Waals surface area contributed by atoms with E-state index < -0.39 is 39.9 Å². The van der Waals surface area contributed by atoms with Crippen molar-refractivity contribution in [1.82, 2.24) is 13.9 Å². The Kier molecular flexibility index (Phi) is 10.7. The van der Waals surface area contributed by atoms with Crippen LogP contribution in [0, 0.1) is 29.1 Å². The van der Waals surface area contributed by atoms with Crippen molar-refractivity contribution < 1.29 is 26.7 Å². The van der Waals surface area contributed by atoms with Crippen molar-refractivity contribution in [1.29, 1.82) is 0 Å². The highest BCUT2D eigenvalue weighted by Crippen LogP contribution is 2.34. The number of carbonyl (C=O) groups excluding carboxylic acids is 1. The number of hydrogen-bond donors (Lipinski definition) is 1. The van der Waals surface area contributed by atoms with Crippen LogP contribution in [0.25, 0.3) is 0 Å². The highest BCUT2D eigenvalue weighted by atomic mass is 32.2. The second kappa shape index (κ2) is 14.7. The van der Waals surface area contributed by atoms with Gasteiger partial charge < -0.3 is 14.2 Å². The molecule has 0 bridgehead atoms. The number of aryl methyl sites for hydroxylation is 1.